The van der Waals surface area contributed by atoms with Gasteiger partial charge in [0.1, 0.15) is 17.3 Å². The summed E-state index contributed by atoms with van der Waals surface area (Å²) in [4.78, 5) is 4.57. The minimum Gasteiger partial charge on any atom is -0.464 e. The number of halogens is 1. The Morgan fingerprint density at radius 3 is 2.74 bits per heavy atom. The number of nitrogens with zero attached hydrogens (tertiary/aromatic N) is 2. The van der Waals surface area contributed by atoms with E-state index in [-0.39, 0.29) is 6.04 Å². The first kappa shape index (κ1) is 12.3. The average Bonchev–Trinajstić information content (AvgIpc) is 3.01. The van der Waals surface area contributed by atoms with Crippen molar-refractivity contribution >= 4 is 22.6 Å². The van der Waals surface area contributed by atoms with Gasteiger partial charge in [0.15, 0.2) is 0 Å². The quantitative estimate of drug-likeness (QED) is 0.667. The summed E-state index contributed by atoms with van der Waals surface area (Å²) in [6, 6.07) is 12.1. The molecular weight excluding hydrogens is 260 g/mol. The molecule has 98 valence electrons. The maximum Gasteiger partial charge on any atom is 0.126 e. The van der Waals surface area contributed by atoms with Crippen molar-refractivity contribution in [1.82, 2.24) is 9.55 Å². The molecule has 1 atom stereocenters. The van der Waals surface area contributed by atoms with E-state index in [0.29, 0.717) is 5.88 Å². The van der Waals surface area contributed by atoms with E-state index in [4.69, 9.17) is 16.0 Å². The second-order valence-electron chi connectivity index (χ2n) is 4.64. The molecule has 0 bridgehead atoms. The molecule has 0 amide bonds. The summed E-state index contributed by atoms with van der Waals surface area (Å²) in [5, 5.41) is 0. The standard InChI is InChI=1S/C15H15ClN2O/c1-10-7-8-14(19-10)11(2)18-13-6-4-3-5-12(13)17-15(18)9-16/h3-8,11H,9H2,1-2H3. The van der Waals surface area contributed by atoms with Gasteiger partial charge in [0, 0.05) is 0 Å². The number of imidazole rings is 1. The topological polar surface area (TPSA) is 31.0 Å². The van der Waals surface area contributed by atoms with E-state index in [1.54, 1.807) is 0 Å². The molecule has 2 heterocycles. The molecular formula is C15H15ClN2O. The summed E-state index contributed by atoms with van der Waals surface area (Å²) in [6.45, 7) is 4.05. The lowest BCUT2D eigenvalue weighted by Crippen LogP contribution is -2.09. The highest BCUT2D eigenvalue weighted by atomic mass is 35.5. The molecule has 4 heteroatoms. The van der Waals surface area contributed by atoms with Crippen LogP contribution in [0.5, 0.6) is 0 Å². The fourth-order valence-corrected chi connectivity index (χ4v) is 2.61. The largest absolute Gasteiger partial charge is 0.464 e. The average molecular weight is 275 g/mol. The highest BCUT2D eigenvalue weighted by Crippen LogP contribution is 2.27. The Balaban J connectivity index is 2.17. The van der Waals surface area contributed by atoms with E-state index < -0.39 is 0 Å². The number of aryl methyl sites for hydroxylation is 1. The number of hydrogen-bond donors (Lipinski definition) is 0. The van der Waals surface area contributed by atoms with E-state index in [1.807, 2.05) is 37.3 Å². The van der Waals surface area contributed by atoms with Crippen LogP contribution in [0, 0.1) is 6.92 Å². The molecule has 1 unspecified atom stereocenters. The molecule has 0 aliphatic rings. The highest BCUT2D eigenvalue weighted by molar-refractivity contribution is 6.16. The van der Waals surface area contributed by atoms with Crippen molar-refractivity contribution < 1.29 is 4.42 Å². The molecule has 0 N–H and O–H groups in total. The van der Waals surface area contributed by atoms with Crippen molar-refractivity contribution in [1.29, 1.82) is 0 Å². The second kappa shape index (κ2) is 4.74. The molecule has 0 spiro atoms. The van der Waals surface area contributed by atoms with Gasteiger partial charge >= 0.3 is 0 Å². The minimum atomic E-state index is 0.0786. The Kier molecular flexibility index (Phi) is 3.07. The Morgan fingerprint density at radius 2 is 2.05 bits per heavy atom. The SMILES string of the molecule is Cc1ccc(C(C)n2c(CCl)nc3ccccc32)o1. The first-order valence-electron chi connectivity index (χ1n) is 6.29. The summed E-state index contributed by atoms with van der Waals surface area (Å²) >= 11 is 6.03. The van der Waals surface area contributed by atoms with Gasteiger partial charge in [-0.15, -0.1) is 11.6 Å². The van der Waals surface area contributed by atoms with Gasteiger partial charge in [-0.3, -0.25) is 0 Å². The van der Waals surface area contributed by atoms with Gasteiger partial charge in [0.25, 0.3) is 0 Å². The van der Waals surface area contributed by atoms with Crippen LogP contribution < -0.4 is 0 Å². The number of benzene rings is 1. The van der Waals surface area contributed by atoms with Crippen molar-refractivity contribution in [2.75, 3.05) is 0 Å². The van der Waals surface area contributed by atoms with Crippen LogP contribution in [0.4, 0.5) is 0 Å². The van der Waals surface area contributed by atoms with Gasteiger partial charge in [0.05, 0.1) is 23.0 Å². The summed E-state index contributed by atoms with van der Waals surface area (Å²) in [5.74, 6) is 3.09. The predicted molar refractivity (Wildman–Crippen MR) is 76.5 cm³/mol. The molecule has 1 aromatic carbocycles. The number of para-hydroxylation sites is 2. The number of fused-ring (bicyclic) bond motifs is 1. The van der Waals surface area contributed by atoms with E-state index in [0.717, 1.165) is 28.4 Å². The Bertz CT molecular complexity index is 714. The van der Waals surface area contributed by atoms with Crippen molar-refractivity contribution in [2.24, 2.45) is 0 Å². The molecule has 0 radical (unpaired) electrons. The summed E-state index contributed by atoms with van der Waals surface area (Å²) < 4.78 is 7.87. The normalized spacial score (nSPS) is 13.0. The number of alkyl halides is 1. The minimum absolute atomic E-state index is 0.0786. The molecule has 19 heavy (non-hydrogen) atoms. The molecule has 3 rings (SSSR count). The van der Waals surface area contributed by atoms with Gasteiger partial charge in [-0.1, -0.05) is 12.1 Å². The maximum absolute atomic E-state index is 6.03. The first-order valence-corrected chi connectivity index (χ1v) is 6.82. The number of furan rings is 1. The van der Waals surface area contributed by atoms with Crippen LogP contribution in [-0.2, 0) is 5.88 Å². The van der Waals surface area contributed by atoms with E-state index in [2.05, 4.69) is 22.5 Å². The molecule has 0 fully saturated rings. The van der Waals surface area contributed by atoms with Crippen molar-refractivity contribution in [3.05, 3.63) is 53.7 Å². The van der Waals surface area contributed by atoms with Gasteiger partial charge in [-0.2, -0.15) is 0 Å². The lowest BCUT2D eigenvalue weighted by atomic mass is 10.2. The van der Waals surface area contributed by atoms with Gasteiger partial charge in [-0.05, 0) is 38.1 Å². The smallest absolute Gasteiger partial charge is 0.126 e. The van der Waals surface area contributed by atoms with Crippen molar-refractivity contribution in [3.8, 4) is 0 Å². The van der Waals surface area contributed by atoms with Crippen LogP contribution in [0.2, 0.25) is 0 Å². The predicted octanol–water partition coefficient (Wildman–Crippen LogP) is 4.29. The molecule has 0 saturated heterocycles. The highest BCUT2D eigenvalue weighted by Gasteiger charge is 2.18. The van der Waals surface area contributed by atoms with Crippen LogP contribution in [0.3, 0.4) is 0 Å². The Morgan fingerprint density at radius 1 is 1.26 bits per heavy atom. The van der Waals surface area contributed by atoms with Crippen LogP contribution in [0.15, 0.2) is 40.8 Å². The van der Waals surface area contributed by atoms with Crippen LogP contribution in [-0.4, -0.2) is 9.55 Å². The zero-order valence-corrected chi connectivity index (χ0v) is 11.7. The lowest BCUT2D eigenvalue weighted by molar-refractivity contribution is 0.429. The molecule has 2 aromatic heterocycles. The molecule has 0 aliphatic carbocycles. The number of rotatable bonds is 3. The molecule has 0 saturated carbocycles. The Hall–Kier alpha value is -1.74. The van der Waals surface area contributed by atoms with Crippen LogP contribution >= 0.6 is 11.6 Å². The van der Waals surface area contributed by atoms with Crippen LogP contribution in [0.25, 0.3) is 11.0 Å². The van der Waals surface area contributed by atoms with E-state index in [9.17, 15) is 0 Å². The van der Waals surface area contributed by atoms with Gasteiger partial charge in [0.2, 0.25) is 0 Å². The maximum atomic E-state index is 6.03. The summed E-state index contributed by atoms with van der Waals surface area (Å²) in [6.07, 6.45) is 0. The first-order chi connectivity index (χ1) is 9.20. The van der Waals surface area contributed by atoms with Crippen LogP contribution in [0.1, 0.15) is 30.3 Å². The summed E-state index contributed by atoms with van der Waals surface area (Å²) in [5.41, 5.74) is 2.05. The van der Waals surface area contributed by atoms with Crippen molar-refractivity contribution in [3.63, 3.8) is 0 Å². The fourth-order valence-electron chi connectivity index (χ4n) is 2.43. The number of hydrogen-bond acceptors (Lipinski definition) is 2. The third-order valence-corrected chi connectivity index (χ3v) is 3.59. The Labute approximate surface area is 116 Å². The van der Waals surface area contributed by atoms with Gasteiger partial charge < -0.3 is 8.98 Å². The van der Waals surface area contributed by atoms with Gasteiger partial charge in [-0.25, -0.2) is 4.98 Å². The van der Waals surface area contributed by atoms with E-state index >= 15 is 0 Å². The second-order valence-corrected chi connectivity index (χ2v) is 4.91. The third-order valence-electron chi connectivity index (χ3n) is 3.35. The van der Waals surface area contributed by atoms with E-state index in [1.165, 1.54) is 0 Å². The third kappa shape index (κ3) is 2.04. The number of aromatic nitrogens is 2. The zero-order chi connectivity index (χ0) is 13.4. The molecule has 3 aromatic rings. The molecule has 0 aliphatic heterocycles. The zero-order valence-electron chi connectivity index (χ0n) is 10.9. The molecule has 3 nitrogen and oxygen atoms in total. The summed E-state index contributed by atoms with van der Waals surface area (Å²) in [7, 11) is 0. The lowest BCUT2D eigenvalue weighted by Gasteiger charge is -2.14. The monoisotopic (exact) mass is 274 g/mol. The fraction of sp³-hybridized carbons (Fsp3) is 0.267. The van der Waals surface area contributed by atoms with Crippen molar-refractivity contribution in [2.45, 2.75) is 25.8 Å².